The van der Waals surface area contributed by atoms with Crippen LogP contribution in [0.1, 0.15) is 5.76 Å². The molecule has 0 unspecified atom stereocenters. The van der Waals surface area contributed by atoms with Crippen molar-refractivity contribution in [1.82, 2.24) is 10.6 Å². The van der Waals surface area contributed by atoms with Crippen molar-refractivity contribution in [1.29, 1.82) is 0 Å². The van der Waals surface area contributed by atoms with Crippen LogP contribution in [0, 0.1) is 10.1 Å². The van der Waals surface area contributed by atoms with E-state index in [4.69, 9.17) is 28.2 Å². The first-order valence-electron chi connectivity index (χ1n) is 6.32. The van der Waals surface area contributed by atoms with Gasteiger partial charge in [0.15, 0.2) is 5.11 Å². The number of hydrogen-bond acceptors (Lipinski definition) is 5. The first-order valence-corrected chi connectivity index (χ1v) is 7.11. The number of nitro benzene ring substituents is 1. The first-order chi connectivity index (χ1) is 10.9. The zero-order chi connectivity index (χ0) is 16.6. The summed E-state index contributed by atoms with van der Waals surface area (Å²) in [6, 6.07) is 7.40. The Labute approximate surface area is 140 Å². The molecule has 7 nitrogen and oxygen atoms in total. The van der Waals surface area contributed by atoms with Crippen LogP contribution < -0.4 is 10.6 Å². The van der Waals surface area contributed by atoms with Crippen molar-refractivity contribution in [2.45, 2.75) is 0 Å². The summed E-state index contributed by atoms with van der Waals surface area (Å²) in [4.78, 5) is 21.8. The molecule has 1 aromatic heterocycles. The molecule has 2 N–H and O–H groups in total. The van der Waals surface area contributed by atoms with Gasteiger partial charge in [-0.15, -0.1) is 0 Å². The lowest BCUT2D eigenvalue weighted by molar-refractivity contribution is -0.384. The maximum absolute atomic E-state index is 11.6. The third-order valence-electron chi connectivity index (χ3n) is 3.06. The summed E-state index contributed by atoms with van der Waals surface area (Å²) >= 11 is 10.9. The van der Waals surface area contributed by atoms with Gasteiger partial charge in [-0.1, -0.05) is 11.6 Å². The molecular weight excluding hydrogens is 342 g/mol. The molecule has 1 aromatic carbocycles. The minimum absolute atomic E-state index is 0.104. The molecule has 0 bridgehead atoms. The number of furan rings is 1. The summed E-state index contributed by atoms with van der Waals surface area (Å²) in [5, 5.41) is 16.3. The van der Waals surface area contributed by atoms with Crippen LogP contribution >= 0.6 is 23.8 Å². The number of hydrogen-bond donors (Lipinski definition) is 2. The smallest absolute Gasteiger partial charge is 0.274 e. The molecule has 2 aromatic rings. The van der Waals surface area contributed by atoms with Crippen molar-refractivity contribution in [3.63, 3.8) is 0 Å². The fourth-order valence-corrected chi connectivity index (χ4v) is 2.49. The van der Waals surface area contributed by atoms with Crippen molar-refractivity contribution in [3.05, 3.63) is 56.9 Å². The van der Waals surface area contributed by atoms with Crippen molar-refractivity contribution < 1.29 is 14.1 Å². The number of thiocarbonyl (C=S) groups is 1. The molecule has 23 heavy (non-hydrogen) atoms. The van der Waals surface area contributed by atoms with Gasteiger partial charge in [-0.05, 0) is 30.4 Å². The highest BCUT2D eigenvalue weighted by Gasteiger charge is 2.21. The van der Waals surface area contributed by atoms with Crippen LogP contribution in [-0.2, 0) is 4.79 Å². The first kappa shape index (κ1) is 15.2. The van der Waals surface area contributed by atoms with E-state index in [9.17, 15) is 14.9 Å². The Balaban J connectivity index is 1.91. The standard InChI is InChI=1S/C14H8ClN3O4S/c15-10-5-7(18(20)21)1-3-9(10)12-4-2-8(22-12)6-11-13(19)17-14(23)16-11/h1-6H,(H2,16,17,19,23)/b11-6-. The van der Waals surface area contributed by atoms with Gasteiger partial charge in [-0.3, -0.25) is 20.2 Å². The zero-order valence-corrected chi connectivity index (χ0v) is 12.9. The maximum atomic E-state index is 11.6. The Morgan fingerprint density at radius 2 is 2.04 bits per heavy atom. The Kier molecular flexibility index (Phi) is 3.85. The average molecular weight is 350 g/mol. The summed E-state index contributed by atoms with van der Waals surface area (Å²) in [6.07, 6.45) is 1.50. The van der Waals surface area contributed by atoms with Gasteiger partial charge in [0.2, 0.25) is 0 Å². The highest BCUT2D eigenvalue weighted by molar-refractivity contribution is 7.80. The van der Waals surface area contributed by atoms with Crippen LogP contribution in [0.2, 0.25) is 5.02 Å². The quantitative estimate of drug-likeness (QED) is 0.383. The molecular formula is C14H8ClN3O4S. The van der Waals surface area contributed by atoms with Gasteiger partial charge in [0.05, 0.1) is 9.95 Å². The minimum Gasteiger partial charge on any atom is -0.457 e. The van der Waals surface area contributed by atoms with E-state index >= 15 is 0 Å². The molecule has 1 saturated heterocycles. The molecule has 0 atom stereocenters. The largest absolute Gasteiger partial charge is 0.457 e. The van der Waals surface area contributed by atoms with Crippen LogP contribution in [0.5, 0.6) is 0 Å². The van der Waals surface area contributed by atoms with E-state index in [1.807, 2.05) is 0 Å². The second-order valence-electron chi connectivity index (χ2n) is 4.59. The SMILES string of the molecule is O=C1NC(=S)N/C1=C\c1ccc(-c2ccc([N+](=O)[O-])cc2Cl)o1. The average Bonchev–Trinajstić information content (AvgIpc) is 3.06. The second kappa shape index (κ2) is 5.82. The number of benzene rings is 1. The van der Waals surface area contributed by atoms with Gasteiger partial charge in [-0.25, -0.2) is 0 Å². The molecule has 3 rings (SSSR count). The van der Waals surface area contributed by atoms with E-state index in [0.29, 0.717) is 17.1 Å². The van der Waals surface area contributed by atoms with E-state index in [1.54, 1.807) is 12.1 Å². The van der Waals surface area contributed by atoms with Gasteiger partial charge in [-0.2, -0.15) is 0 Å². The lowest BCUT2D eigenvalue weighted by Gasteiger charge is -2.00. The fourth-order valence-electron chi connectivity index (χ4n) is 2.02. The van der Waals surface area contributed by atoms with E-state index in [-0.39, 0.29) is 27.4 Å². The molecule has 0 radical (unpaired) electrons. The monoisotopic (exact) mass is 349 g/mol. The Bertz CT molecular complexity index is 875. The summed E-state index contributed by atoms with van der Waals surface area (Å²) in [5.41, 5.74) is 0.681. The Morgan fingerprint density at radius 3 is 2.65 bits per heavy atom. The molecule has 0 aliphatic carbocycles. The number of halogens is 1. The lowest BCUT2D eigenvalue weighted by Crippen LogP contribution is -2.21. The third-order valence-corrected chi connectivity index (χ3v) is 3.58. The Hall–Kier alpha value is -2.71. The van der Waals surface area contributed by atoms with Gasteiger partial charge in [0, 0.05) is 23.8 Å². The number of nitrogens with zero attached hydrogens (tertiary/aromatic N) is 1. The second-order valence-corrected chi connectivity index (χ2v) is 5.40. The summed E-state index contributed by atoms with van der Waals surface area (Å²) < 4.78 is 5.60. The van der Waals surface area contributed by atoms with Crippen molar-refractivity contribution in [2.75, 3.05) is 0 Å². The number of nitro groups is 1. The maximum Gasteiger partial charge on any atom is 0.274 e. The molecule has 1 amide bonds. The van der Waals surface area contributed by atoms with Crippen LogP contribution in [0.4, 0.5) is 5.69 Å². The van der Waals surface area contributed by atoms with Crippen LogP contribution in [0.3, 0.4) is 0 Å². The predicted octanol–water partition coefficient (Wildman–Crippen LogP) is 2.85. The van der Waals surface area contributed by atoms with E-state index in [2.05, 4.69) is 10.6 Å². The topological polar surface area (TPSA) is 97.4 Å². The number of non-ortho nitro benzene ring substituents is 1. The van der Waals surface area contributed by atoms with E-state index < -0.39 is 4.92 Å². The summed E-state index contributed by atoms with van der Waals surface area (Å²) in [7, 11) is 0. The van der Waals surface area contributed by atoms with Gasteiger partial charge in [0.1, 0.15) is 17.2 Å². The molecule has 2 heterocycles. The van der Waals surface area contributed by atoms with Gasteiger partial charge in [0.25, 0.3) is 11.6 Å². The third kappa shape index (κ3) is 3.08. The van der Waals surface area contributed by atoms with Crippen molar-refractivity contribution in [2.24, 2.45) is 0 Å². The van der Waals surface area contributed by atoms with E-state index in [0.717, 1.165) is 0 Å². The summed E-state index contributed by atoms with van der Waals surface area (Å²) in [6.45, 7) is 0. The van der Waals surface area contributed by atoms with Crippen molar-refractivity contribution in [3.8, 4) is 11.3 Å². The van der Waals surface area contributed by atoms with Crippen LogP contribution in [0.25, 0.3) is 17.4 Å². The predicted molar refractivity (Wildman–Crippen MR) is 87.7 cm³/mol. The highest BCUT2D eigenvalue weighted by Crippen LogP contribution is 2.32. The molecule has 0 saturated carbocycles. The van der Waals surface area contributed by atoms with Crippen molar-refractivity contribution >= 4 is 46.6 Å². The number of rotatable bonds is 3. The highest BCUT2D eigenvalue weighted by atomic mass is 35.5. The van der Waals surface area contributed by atoms with E-state index in [1.165, 1.54) is 24.3 Å². The lowest BCUT2D eigenvalue weighted by atomic mass is 10.1. The molecule has 1 aliphatic rings. The normalized spacial score (nSPS) is 15.6. The number of carbonyl (C=O) groups excluding carboxylic acids is 1. The zero-order valence-electron chi connectivity index (χ0n) is 11.3. The van der Waals surface area contributed by atoms with Crippen LogP contribution in [-0.4, -0.2) is 15.9 Å². The Morgan fingerprint density at radius 1 is 1.26 bits per heavy atom. The number of carbonyl (C=O) groups is 1. The van der Waals surface area contributed by atoms with Gasteiger partial charge < -0.3 is 9.73 Å². The number of nitrogens with one attached hydrogen (secondary N) is 2. The molecule has 116 valence electrons. The molecule has 1 aliphatic heterocycles. The molecule has 9 heteroatoms. The summed E-state index contributed by atoms with van der Waals surface area (Å²) in [5.74, 6) is 0.496. The minimum atomic E-state index is -0.527. The molecule has 0 spiro atoms. The van der Waals surface area contributed by atoms with Crippen LogP contribution in [0.15, 0.2) is 40.4 Å². The van der Waals surface area contributed by atoms with Gasteiger partial charge >= 0.3 is 0 Å². The molecule has 1 fully saturated rings. The number of amides is 1. The fraction of sp³-hybridized carbons (Fsp3) is 0.